The highest BCUT2D eigenvalue weighted by molar-refractivity contribution is 14.0. The van der Waals surface area contributed by atoms with Crippen LogP contribution in [-0.2, 0) is 27.1 Å². The van der Waals surface area contributed by atoms with Crippen molar-refractivity contribution in [1.29, 1.82) is 0 Å². The minimum absolute atomic E-state index is 0. The lowest BCUT2D eigenvalue weighted by Crippen LogP contribution is -2.38. The van der Waals surface area contributed by atoms with Crippen LogP contribution in [0.15, 0.2) is 29.3 Å². The van der Waals surface area contributed by atoms with Gasteiger partial charge in [-0.3, -0.25) is 4.99 Å². The summed E-state index contributed by atoms with van der Waals surface area (Å²) in [5.41, 5.74) is 1.80. The quantitative estimate of drug-likeness (QED) is 0.214. The number of ether oxygens (including phenoxy) is 1. The molecule has 0 spiro atoms. The number of nitrogens with one attached hydrogen (secondary N) is 3. The van der Waals surface area contributed by atoms with Crippen molar-refractivity contribution in [2.24, 2.45) is 4.99 Å². The number of hydrogen-bond donors (Lipinski definition) is 3. The van der Waals surface area contributed by atoms with Gasteiger partial charge in [0.05, 0.1) is 12.4 Å². The minimum Gasteiger partial charge on any atom is -0.383 e. The van der Waals surface area contributed by atoms with Crippen LogP contribution in [0.3, 0.4) is 0 Å². The number of guanidine groups is 1. The van der Waals surface area contributed by atoms with E-state index in [1.54, 1.807) is 28.0 Å². The van der Waals surface area contributed by atoms with E-state index in [1.807, 2.05) is 24.3 Å². The number of methoxy groups -OCH3 is 1. The Morgan fingerprint density at radius 3 is 2.28 bits per heavy atom. The van der Waals surface area contributed by atoms with Crippen LogP contribution in [0.5, 0.6) is 0 Å². The molecule has 0 saturated carbocycles. The summed E-state index contributed by atoms with van der Waals surface area (Å²) in [6.45, 7) is 5.49. The van der Waals surface area contributed by atoms with Gasteiger partial charge in [-0.15, -0.1) is 24.0 Å². The fourth-order valence-corrected chi connectivity index (χ4v) is 3.48. The number of hydrogen-bond acceptors (Lipinski definition) is 4. The number of nitrogens with zero attached hydrogens (tertiary/aromatic N) is 1. The van der Waals surface area contributed by atoms with Crippen molar-refractivity contribution >= 4 is 40.0 Å². The van der Waals surface area contributed by atoms with Gasteiger partial charge in [-0.2, -0.15) is 0 Å². The molecular formula is C16H29IN4O3S. The Morgan fingerprint density at radius 1 is 1.16 bits per heavy atom. The summed E-state index contributed by atoms with van der Waals surface area (Å²) < 4.78 is 31.4. The molecule has 0 aromatic heterocycles. The van der Waals surface area contributed by atoms with Crippen molar-refractivity contribution in [3.8, 4) is 0 Å². The van der Waals surface area contributed by atoms with E-state index in [2.05, 4.69) is 20.3 Å². The Bertz CT molecular complexity index is 619. The summed E-state index contributed by atoms with van der Waals surface area (Å²) in [4.78, 5) is 4.12. The molecule has 144 valence electrons. The molecule has 3 N–H and O–H groups in total. The largest absolute Gasteiger partial charge is 0.383 e. The third-order valence-electron chi connectivity index (χ3n) is 3.08. The van der Waals surface area contributed by atoms with Crippen LogP contribution in [-0.4, -0.2) is 47.7 Å². The number of aliphatic imine (C=N–C) groups is 1. The lowest BCUT2D eigenvalue weighted by atomic mass is 10.1. The van der Waals surface area contributed by atoms with Gasteiger partial charge in [0.1, 0.15) is 0 Å². The van der Waals surface area contributed by atoms with Crippen molar-refractivity contribution in [3.05, 3.63) is 35.4 Å². The molecule has 1 aromatic rings. The maximum absolute atomic E-state index is 11.9. The van der Waals surface area contributed by atoms with Gasteiger partial charge in [-0.1, -0.05) is 24.3 Å². The fraction of sp³-hybridized carbons (Fsp3) is 0.562. The molecule has 0 aliphatic carbocycles. The number of halogens is 1. The molecule has 0 aliphatic rings. The van der Waals surface area contributed by atoms with Crippen molar-refractivity contribution < 1.29 is 13.2 Å². The fourth-order valence-electron chi connectivity index (χ4n) is 2.05. The van der Waals surface area contributed by atoms with Crippen LogP contribution in [0.1, 0.15) is 25.0 Å². The van der Waals surface area contributed by atoms with Crippen molar-refractivity contribution in [1.82, 2.24) is 15.4 Å². The molecule has 25 heavy (non-hydrogen) atoms. The molecule has 9 heteroatoms. The van der Waals surface area contributed by atoms with Crippen molar-refractivity contribution in [2.45, 2.75) is 32.2 Å². The molecule has 0 radical (unpaired) electrons. The second kappa shape index (κ2) is 12.4. The summed E-state index contributed by atoms with van der Waals surface area (Å²) in [6, 6.07) is 7.39. The second-order valence-corrected chi connectivity index (χ2v) is 7.45. The molecule has 0 atom stereocenters. The summed E-state index contributed by atoms with van der Waals surface area (Å²) in [7, 11) is 0.0594. The van der Waals surface area contributed by atoms with E-state index >= 15 is 0 Å². The first-order valence-corrected chi connectivity index (χ1v) is 9.53. The highest BCUT2D eigenvalue weighted by Gasteiger charge is 2.12. The van der Waals surface area contributed by atoms with Gasteiger partial charge >= 0.3 is 0 Å². The Balaban J connectivity index is 0.00000576. The molecule has 0 aliphatic heterocycles. The first-order valence-electron chi connectivity index (χ1n) is 7.87. The summed E-state index contributed by atoms with van der Waals surface area (Å²) in [5, 5.41) is 6.32. The van der Waals surface area contributed by atoms with E-state index < -0.39 is 10.0 Å². The van der Waals surface area contributed by atoms with Gasteiger partial charge < -0.3 is 15.4 Å². The first kappa shape index (κ1) is 24.1. The zero-order valence-corrected chi connectivity index (χ0v) is 18.4. The molecule has 0 unspecified atom stereocenters. The van der Waals surface area contributed by atoms with Crippen molar-refractivity contribution in [3.63, 3.8) is 0 Å². The van der Waals surface area contributed by atoms with E-state index in [9.17, 15) is 8.42 Å². The maximum atomic E-state index is 11.9. The molecule has 7 nitrogen and oxygen atoms in total. The zero-order chi connectivity index (χ0) is 18.0. The zero-order valence-electron chi connectivity index (χ0n) is 15.2. The van der Waals surface area contributed by atoms with Crippen LogP contribution in [0, 0.1) is 0 Å². The molecular weight excluding hydrogens is 455 g/mol. The maximum Gasteiger partial charge on any atom is 0.216 e. The average molecular weight is 484 g/mol. The van der Waals surface area contributed by atoms with Crippen LogP contribution >= 0.6 is 24.0 Å². The summed E-state index contributed by atoms with van der Waals surface area (Å²) in [6.07, 6.45) is 0. The van der Waals surface area contributed by atoms with E-state index in [-0.39, 0.29) is 35.8 Å². The minimum atomic E-state index is -3.30. The Hall–Kier alpha value is -0.910. The van der Waals surface area contributed by atoms with Crippen molar-refractivity contribution in [2.75, 3.05) is 27.3 Å². The van der Waals surface area contributed by atoms with E-state index in [1.165, 1.54) is 0 Å². The third-order valence-corrected chi connectivity index (χ3v) is 4.62. The second-order valence-electron chi connectivity index (χ2n) is 5.69. The third kappa shape index (κ3) is 10.6. The summed E-state index contributed by atoms with van der Waals surface area (Å²) >= 11 is 0. The van der Waals surface area contributed by atoms with Gasteiger partial charge in [-0.25, -0.2) is 13.1 Å². The van der Waals surface area contributed by atoms with Gasteiger partial charge in [0.2, 0.25) is 10.0 Å². The number of sulfonamides is 1. The van der Waals surface area contributed by atoms with Gasteiger partial charge in [0.25, 0.3) is 0 Å². The Kier molecular flexibility index (Phi) is 12.0. The lowest BCUT2D eigenvalue weighted by Gasteiger charge is -2.12. The number of benzene rings is 1. The van der Waals surface area contributed by atoms with Crippen LogP contribution < -0.4 is 15.4 Å². The highest BCUT2D eigenvalue weighted by atomic mass is 127. The van der Waals surface area contributed by atoms with Gasteiger partial charge in [0.15, 0.2) is 5.96 Å². The molecule has 1 aromatic carbocycles. The highest BCUT2D eigenvalue weighted by Crippen LogP contribution is 2.08. The normalized spacial score (nSPS) is 12.0. The Labute approximate surface area is 168 Å². The number of rotatable bonds is 9. The first-order chi connectivity index (χ1) is 11.4. The smallest absolute Gasteiger partial charge is 0.216 e. The van der Waals surface area contributed by atoms with E-state index in [0.29, 0.717) is 25.7 Å². The average Bonchev–Trinajstić information content (AvgIpc) is 2.50. The Morgan fingerprint density at radius 2 is 1.76 bits per heavy atom. The molecule has 0 fully saturated rings. The SMILES string of the molecule is CN=C(NCCOC)NCc1ccc(CS(=O)(=O)NC(C)C)cc1.I. The molecule has 0 saturated heterocycles. The van der Waals surface area contributed by atoms with Crippen LogP contribution in [0.2, 0.25) is 0 Å². The van der Waals surface area contributed by atoms with Crippen LogP contribution in [0.25, 0.3) is 0 Å². The van der Waals surface area contributed by atoms with E-state index in [0.717, 1.165) is 11.1 Å². The molecule has 0 bridgehead atoms. The van der Waals surface area contributed by atoms with Gasteiger partial charge in [-0.05, 0) is 25.0 Å². The van der Waals surface area contributed by atoms with Gasteiger partial charge in [0, 0.05) is 33.3 Å². The predicted molar refractivity (Wildman–Crippen MR) is 113 cm³/mol. The standard InChI is InChI=1S/C16H28N4O3S.HI/c1-13(2)20-24(21,22)12-15-7-5-14(6-8-15)11-19-16(17-3)18-9-10-23-4;/h5-8,13,20H,9-12H2,1-4H3,(H2,17,18,19);1H. The molecule has 1 rings (SSSR count). The molecule has 0 amide bonds. The summed E-state index contributed by atoms with van der Waals surface area (Å²) in [5.74, 6) is 0.680. The predicted octanol–water partition coefficient (Wildman–Crippen LogP) is 1.44. The van der Waals surface area contributed by atoms with E-state index in [4.69, 9.17) is 4.74 Å². The molecule has 0 heterocycles. The topological polar surface area (TPSA) is 91.8 Å². The lowest BCUT2D eigenvalue weighted by molar-refractivity contribution is 0.203. The van der Waals surface area contributed by atoms with Crippen LogP contribution in [0.4, 0.5) is 0 Å². The monoisotopic (exact) mass is 484 g/mol.